The SMILES string of the molecule is Cc1c(F)cc2c3c1CCCC3=C1Cn3c(cc(C(O)C(O)O)c(C)c3=O)C1N2. The van der Waals surface area contributed by atoms with Gasteiger partial charge < -0.3 is 25.2 Å². The van der Waals surface area contributed by atoms with Crippen molar-refractivity contribution in [2.24, 2.45) is 0 Å². The number of benzene rings is 1. The van der Waals surface area contributed by atoms with Crippen LogP contribution in [-0.4, -0.2) is 26.2 Å². The summed E-state index contributed by atoms with van der Waals surface area (Å²) in [7, 11) is 0. The van der Waals surface area contributed by atoms with E-state index in [1.165, 1.54) is 11.6 Å². The van der Waals surface area contributed by atoms with Crippen LogP contribution in [0, 0.1) is 19.7 Å². The lowest BCUT2D eigenvalue weighted by molar-refractivity contribution is -0.124. The number of allylic oxidation sites excluding steroid dienone is 1. The molecule has 0 saturated heterocycles. The summed E-state index contributed by atoms with van der Waals surface area (Å²) < 4.78 is 16.2. The average Bonchev–Trinajstić information content (AvgIpc) is 3.07. The van der Waals surface area contributed by atoms with Crippen molar-refractivity contribution in [2.75, 3.05) is 5.32 Å². The molecule has 6 nitrogen and oxygen atoms in total. The maximum absolute atomic E-state index is 14.5. The third-order valence-electron chi connectivity index (χ3n) is 6.68. The minimum Gasteiger partial charge on any atom is -0.383 e. The zero-order valence-electron chi connectivity index (χ0n) is 16.3. The highest BCUT2D eigenvalue weighted by molar-refractivity contribution is 5.87. The fraction of sp³-hybridized carbons (Fsp3) is 0.409. The molecule has 1 aliphatic carbocycles. The predicted molar refractivity (Wildman–Crippen MR) is 106 cm³/mol. The number of nitrogens with zero attached hydrogens (tertiary/aromatic N) is 1. The standard InChI is InChI=1S/C22H23FN2O4/c1-9-11-4-3-5-12-14-8-25-17(19(14)24-16(18(11)12)7-15(9)23)6-13(10(2)21(25)27)20(26)22(28)29/h6-7,19-20,22,24,26,28-29H,3-5,8H2,1-2H3. The van der Waals surface area contributed by atoms with Gasteiger partial charge in [0.15, 0.2) is 6.29 Å². The van der Waals surface area contributed by atoms with Crippen molar-refractivity contribution in [1.82, 2.24) is 4.57 Å². The number of pyridine rings is 1. The quantitative estimate of drug-likeness (QED) is 0.582. The van der Waals surface area contributed by atoms with Crippen LogP contribution in [-0.2, 0) is 13.0 Å². The van der Waals surface area contributed by atoms with Crippen molar-refractivity contribution in [3.63, 3.8) is 0 Å². The molecule has 2 unspecified atom stereocenters. The zero-order chi connectivity index (χ0) is 20.6. The van der Waals surface area contributed by atoms with Gasteiger partial charge in [-0.25, -0.2) is 4.39 Å². The second-order valence-corrected chi connectivity index (χ2v) is 8.22. The zero-order valence-corrected chi connectivity index (χ0v) is 16.3. The first kappa shape index (κ1) is 18.5. The Kier molecular flexibility index (Phi) is 4.00. The highest BCUT2D eigenvalue weighted by atomic mass is 19.1. The Balaban J connectivity index is 1.73. The normalized spacial score (nSPS) is 20.3. The molecule has 2 aromatic rings. The van der Waals surface area contributed by atoms with Crippen LogP contribution in [0.4, 0.5) is 10.1 Å². The van der Waals surface area contributed by atoms with Gasteiger partial charge in [-0.2, -0.15) is 0 Å². The van der Waals surface area contributed by atoms with Crippen molar-refractivity contribution in [3.05, 3.63) is 67.4 Å². The Morgan fingerprint density at radius 2 is 1.93 bits per heavy atom. The van der Waals surface area contributed by atoms with E-state index in [1.54, 1.807) is 17.6 Å². The van der Waals surface area contributed by atoms with E-state index in [1.807, 2.05) is 6.92 Å². The molecule has 3 heterocycles. The van der Waals surface area contributed by atoms with E-state index >= 15 is 0 Å². The van der Waals surface area contributed by atoms with Crippen molar-refractivity contribution in [3.8, 4) is 0 Å². The highest BCUT2D eigenvalue weighted by Gasteiger charge is 2.39. The molecule has 0 spiro atoms. The monoisotopic (exact) mass is 398 g/mol. The lowest BCUT2D eigenvalue weighted by Crippen LogP contribution is -2.28. The summed E-state index contributed by atoms with van der Waals surface area (Å²) in [5, 5.41) is 32.4. The van der Waals surface area contributed by atoms with Gasteiger partial charge in [0.1, 0.15) is 11.9 Å². The van der Waals surface area contributed by atoms with Crippen LogP contribution < -0.4 is 10.9 Å². The summed E-state index contributed by atoms with van der Waals surface area (Å²) >= 11 is 0. The summed E-state index contributed by atoms with van der Waals surface area (Å²) in [5.41, 5.74) is 6.70. The summed E-state index contributed by atoms with van der Waals surface area (Å²) in [6.45, 7) is 3.83. The summed E-state index contributed by atoms with van der Waals surface area (Å²) in [6.07, 6.45) is -0.889. The highest BCUT2D eigenvalue weighted by Crippen LogP contribution is 2.50. The van der Waals surface area contributed by atoms with Crippen molar-refractivity contribution in [1.29, 1.82) is 0 Å². The molecule has 7 heteroatoms. The molecule has 5 rings (SSSR count). The maximum atomic E-state index is 14.5. The van der Waals surface area contributed by atoms with Gasteiger partial charge in [0.2, 0.25) is 0 Å². The predicted octanol–water partition coefficient (Wildman–Crippen LogP) is 2.22. The number of fused-ring (bicyclic) bond motifs is 3. The molecule has 0 radical (unpaired) electrons. The minimum absolute atomic E-state index is 0.203. The van der Waals surface area contributed by atoms with E-state index < -0.39 is 12.4 Å². The van der Waals surface area contributed by atoms with E-state index in [2.05, 4.69) is 5.32 Å². The number of halogens is 1. The lowest BCUT2D eigenvalue weighted by atomic mass is 9.78. The summed E-state index contributed by atoms with van der Waals surface area (Å²) in [4.78, 5) is 13.0. The van der Waals surface area contributed by atoms with Crippen LogP contribution in [0.25, 0.3) is 5.57 Å². The van der Waals surface area contributed by atoms with Gasteiger partial charge in [-0.05, 0) is 73.1 Å². The minimum atomic E-state index is -1.98. The first-order chi connectivity index (χ1) is 13.8. The smallest absolute Gasteiger partial charge is 0.254 e. The van der Waals surface area contributed by atoms with Gasteiger partial charge in [0.25, 0.3) is 5.56 Å². The van der Waals surface area contributed by atoms with Gasteiger partial charge in [-0.3, -0.25) is 4.79 Å². The van der Waals surface area contributed by atoms with Crippen molar-refractivity contribution < 1.29 is 19.7 Å². The molecule has 0 amide bonds. The number of aliphatic hydroxyl groups excluding tert-OH is 2. The Labute approximate surface area is 166 Å². The molecule has 2 atom stereocenters. The first-order valence-corrected chi connectivity index (χ1v) is 9.88. The molecule has 0 fully saturated rings. The van der Waals surface area contributed by atoms with Crippen LogP contribution in [0.1, 0.15) is 58.5 Å². The van der Waals surface area contributed by atoms with Gasteiger partial charge in [0.05, 0.1) is 6.04 Å². The number of hydrogen-bond acceptors (Lipinski definition) is 5. The number of hydrogen-bond donors (Lipinski definition) is 4. The Morgan fingerprint density at radius 1 is 1.17 bits per heavy atom. The molecule has 4 N–H and O–H groups in total. The fourth-order valence-corrected chi connectivity index (χ4v) is 5.15. The third kappa shape index (κ3) is 2.48. The molecular formula is C22H23FN2O4. The Bertz CT molecular complexity index is 1150. The Morgan fingerprint density at radius 3 is 2.66 bits per heavy atom. The van der Waals surface area contributed by atoms with Crippen molar-refractivity contribution >= 4 is 11.3 Å². The van der Waals surface area contributed by atoms with Gasteiger partial charge in [-0.15, -0.1) is 0 Å². The van der Waals surface area contributed by atoms with E-state index in [0.29, 0.717) is 23.4 Å². The molecule has 0 bridgehead atoms. The molecule has 1 aromatic carbocycles. The molecular weight excluding hydrogens is 375 g/mol. The van der Waals surface area contributed by atoms with Gasteiger partial charge in [0, 0.05) is 29.1 Å². The largest absolute Gasteiger partial charge is 0.383 e. The van der Waals surface area contributed by atoms with Crippen LogP contribution in [0.3, 0.4) is 0 Å². The van der Waals surface area contributed by atoms with E-state index in [-0.39, 0.29) is 23.0 Å². The number of aliphatic hydroxyl groups is 3. The number of anilines is 1. The second-order valence-electron chi connectivity index (χ2n) is 8.22. The molecule has 29 heavy (non-hydrogen) atoms. The van der Waals surface area contributed by atoms with Crippen molar-refractivity contribution in [2.45, 2.75) is 58.1 Å². The van der Waals surface area contributed by atoms with E-state index in [0.717, 1.165) is 41.6 Å². The lowest BCUT2D eigenvalue weighted by Gasteiger charge is -2.33. The number of nitrogens with one attached hydrogen (secondary N) is 1. The number of aromatic nitrogens is 1. The van der Waals surface area contributed by atoms with Crippen LogP contribution in [0.5, 0.6) is 0 Å². The number of rotatable bonds is 2. The summed E-state index contributed by atoms with van der Waals surface area (Å²) in [6, 6.07) is 2.88. The molecule has 1 aromatic heterocycles. The van der Waals surface area contributed by atoms with Gasteiger partial charge >= 0.3 is 0 Å². The van der Waals surface area contributed by atoms with Crippen LogP contribution in [0.15, 0.2) is 22.5 Å². The second kappa shape index (κ2) is 6.26. The van der Waals surface area contributed by atoms with Crippen LogP contribution >= 0.6 is 0 Å². The van der Waals surface area contributed by atoms with Gasteiger partial charge in [-0.1, -0.05) is 0 Å². The molecule has 3 aliphatic rings. The third-order valence-corrected chi connectivity index (χ3v) is 6.68. The van der Waals surface area contributed by atoms with E-state index in [9.17, 15) is 24.5 Å². The fourth-order valence-electron chi connectivity index (χ4n) is 5.15. The van der Waals surface area contributed by atoms with Crippen LogP contribution in [0.2, 0.25) is 0 Å². The molecule has 0 saturated carbocycles. The maximum Gasteiger partial charge on any atom is 0.254 e. The molecule has 152 valence electrons. The Hall–Kier alpha value is -2.48. The average molecular weight is 398 g/mol. The van der Waals surface area contributed by atoms with E-state index in [4.69, 9.17) is 0 Å². The summed E-state index contributed by atoms with van der Waals surface area (Å²) in [5.74, 6) is -0.241. The molecule has 2 aliphatic heterocycles. The topological polar surface area (TPSA) is 94.7 Å². The first-order valence-electron chi connectivity index (χ1n) is 9.88.